The summed E-state index contributed by atoms with van der Waals surface area (Å²) in [4.78, 5) is 10.9. The number of anilines is 1. The quantitative estimate of drug-likeness (QED) is 0.785. The first-order valence-electron chi connectivity index (χ1n) is 5.55. The van der Waals surface area contributed by atoms with Gasteiger partial charge in [-0.1, -0.05) is 18.2 Å². The number of nitrogens with one attached hydrogen (secondary N) is 2. The molecule has 1 rings (SSSR count). The fourth-order valence-electron chi connectivity index (χ4n) is 1.43. The Bertz CT molecular complexity index is 437. The third-order valence-corrected chi connectivity index (χ3v) is 2.32. The molecule has 0 aliphatic heterocycles. The highest BCUT2D eigenvalue weighted by atomic mass is 19.3. The summed E-state index contributed by atoms with van der Waals surface area (Å²) in [5, 5.41) is 4.78. The molecule has 0 spiro atoms. The standard InChI is InChI=1S/C12H14F4N2O/c1-8(19)18-10-5-3-2-4-9(10)6-17-7-12(15,16)11(13)14/h2-5,11,17H,6-7H2,1H3,(H,18,19). The highest BCUT2D eigenvalue weighted by Gasteiger charge is 2.39. The maximum absolute atomic E-state index is 12.7. The minimum Gasteiger partial charge on any atom is -0.326 e. The van der Waals surface area contributed by atoms with Crippen LogP contribution in [-0.4, -0.2) is 24.8 Å². The number of carbonyl (C=O) groups is 1. The predicted octanol–water partition coefficient (Wildman–Crippen LogP) is 2.64. The van der Waals surface area contributed by atoms with Crippen LogP contribution in [0.1, 0.15) is 12.5 Å². The van der Waals surface area contributed by atoms with Crippen LogP contribution in [0, 0.1) is 0 Å². The molecule has 0 saturated carbocycles. The molecule has 0 fully saturated rings. The lowest BCUT2D eigenvalue weighted by Gasteiger charge is -2.16. The summed E-state index contributed by atoms with van der Waals surface area (Å²) >= 11 is 0. The van der Waals surface area contributed by atoms with Gasteiger partial charge in [-0.25, -0.2) is 8.78 Å². The Morgan fingerprint density at radius 1 is 1.32 bits per heavy atom. The Morgan fingerprint density at radius 2 is 1.95 bits per heavy atom. The second-order valence-corrected chi connectivity index (χ2v) is 4.00. The average molecular weight is 278 g/mol. The Balaban J connectivity index is 2.61. The Kier molecular flexibility index (Phi) is 5.29. The molecule has 0 saturated heterocycles. The van der Waals surface area contributed by atoms with Gasteiger partial charge in [-0.3, -0.25) is 4.79 Å². The lowest BCUT2D eigenvalue weighted by Crippen LogP contribution is -2.38. The molecule has 1 aromatic rings. The minimum atomic E-state index is -4.07. The first kappa shape index (κ1) is 15.4. The third kappa shape index (κ3) is 4.86. The van der Waals surface area contributed by atoms with E-state index in [9.17, 15) is 22.4 Å². The maximum atomic E-state index is 12.7. The Labute approximate surface area is 108 Å². The van der Waals surface area contributed by atoms with Crippen LogP contribution in [0.4, 0.5) is 23.2 Å². The van der Waals surface area contributed by atoms with E-state index in [0.29, 0.717) is 11.3 Å². The molecule has 0 atom stereocenters. The van der Waals surface area contributed by atoms with Crippen molar-refractivity contribution in [1.29, 1.82) is 0 Å². The van der Waals surface area contributed by atoms with Gasteiger partial charge in [0.2, 0.25) is 5.91 Å². The predicted molar refractivity (Wildman–Crippen MR) is 63.4 cm³/mol. The number of halogens is 4. The number of amides is 1. The summed E-state index contributed by atoms with van der Waals surface area (Å²) in [5.74, 6) is -4.37. The van der Waals surface area contributed by atoms with E-state index in [4.69, 9.17) is 0 Å². The molecule has 0 bridgehead atoms. The van der Waals surface area contributed by atoms with Crippen molar-refractivity contribution in [2.24, 2.45) is 0 Å². The zero-order chi connectivity index (χ0) is 14.5. The molecule has 106 valence electrons. The molecule has 19 heavy (non-hydrogen) atoms. The van der Waals surface area contributed by atoms with Crippen LogP contribution in [0.3, 0.4) is 0 Å². The summed E-state index contributed by atoms with van der Waals surface area (Å²) < 4.78 is 49.2. The minimum absolute atomic E-state index is 0.0429. The molecule has 1 amide bonds. The zero-order valence-electron chi connectivity index (χ0n) is 10.2. The van der Waals surface area contributed by atoms with Gasteiger partial charge in [0, 0.05) is 19.2 Å². The van der Waals surface area contributed by atoms with E-state index in [-0.39, 0.29) is 12.5 Å². The highest BCUT2D eigenvalue weighted by Crippen LogP contribution is 2.22. The molecule has 0 radical (unpaired) electrons. The van der Waals surface area contributed by atoms with Crippen LogP contribution >= 0.6 is 0 Å². The van der Waals surface area contributed by atoms with E-state index in [2.05, 4.69) is 10.6 Å². The number of alkyl halides is 4. The second-order valence-electron chi connectivity index (χ2n) is 4.00. The van der Waals surface area contributed by atoms with Gasteiger partial charge in [0.25, 0.3) is 0 Å². The molecule has 0 aromatic heterocycles. The summed E-state index contributed by atoms with van der Waals surface area (Å²) in [7, 11) is 0. The fourth-order valence-corrected chi connectivity index (χ4v) is 1.43. The van der Waals surface area contributed by atoms with Crippen molar-refractivity contribution in [2.45, 2.75) is 25.8 Å². The summed E-state index contributed by atoms with van der Waals surface area (Å²) in [6.45, 7) is 0.146. The first-order valence-corrected chi connectivity index (χ1v) is 5.55. The molecular weight excluding hydrogens is 264 g/mol. The van der Waals surface area contributed by atoms with Gasteiger partial charge in [0.15, 0.2) is 0 Å². The van der Waals surface area contributed by atoms with Crippen LogP contribution in [0.15, 0.2) is 24.3 Å². The van der Waals surface area contributed by atoms with E-state index < -0.39 is 18.9 Å². The molecule has 0 unspecified atom stereocenters. The van der Waals surface area contributed by atoms with Crippen LogP contribution in [0.2, 0.25) is 0 Å². The van der Waals surface area contributed by atoms with Gasteiger partial charge < -0.3 is 10.6 Å². The van der Waals surface area contributed by atoms with Gasteiger partial charge in [-0.15, -0.1) is 0 Å². The zero-order valence-corrected chi connectivity index (χ0v) is 10.2. The van der Waals surface area contributed by atoms with Gasteiger partial charge in [-0.05, 0) is 11.6 Å². The maximum Gasteiger partial charge on any atom is 0.319 e. The SMILES string of the molecule is CC(=O)Nc1ccccc1CNCC(F)(F)C(F)F. The van der Waals surface area contributed by atoms with Crippen LogP contribution < -0.4 is 10.6 Å². The molecule has 3 nitrogen and oxygen atoms in total. The van der Waals surface area contributed by atoms with Gasteiger partial charge >= 0.3 is 12.3 Å². The number of para-hydroxylation sites is 1. The van der Waals surface area contributed by atoms with E-state index >= 15 is 0 Å². The van der Waals surface area contributed by atoms with Crippen LogP contribution in [0.5, 0.6) is 0 Å². The molecule has 2 N–H and O–H groups in total. The van der Waals surface area contributed by atoms with Crippen molar-refractivity contribution in [3.8, 4) is 0 Å². The topological polar surface area (TPSA) is 41.1 Å². The van der Waals surface area contributed by atoms with Gasteiger partial charge in [-0.2, -0.15) is 8.78 Å². The highest BCUT2D eigenvalue weighted by molar-refractivity contribution is 5.89. The molecule has 0 heterocycles. The number of hydrogen-bond acceptors (Lipinski definition) is 2. The van der Waals surface area contributed by atoms with Gasteiger partial charge in [0.1, 0.15) is 0 Å². The van der Waals surface area contributed by atoms with Crippen molar-refractivity contribution in [2.75, 3.05) is 11.9 Å². The van der Waals surface area contributed by atoms with E-state index in [1.54, 1.807) is 24.3 Å². The number of benzene rings is 1. The smallest absolute Gasteiger partial charge is 0.319 e. The number of hydrogen-bond donors (Lipinski definition) is 2. The van der Waals surface area contributed by atoms with E-state index in [0.717, 1.165) is 0 Å². The third-order valence-electron chi connectivity index (χ3n) is 2.32. The van der Waals surface area contributed by atoms with E-state index in [1.165, 1.54) is 6.92 Å². The summed E-state index contributed by atoms with van der Waals surface area (Å²) in [6.07, 6.45) is -3.70. The second kappa shape index (κ2) is 6.51. The van der Waals surface area contributed by atoms with Crippen LogP contribution in [0.25, 0.3) is 0 Å². The molecule has 1 aromatic carbocycles. The number of carbonyl (C=O) groups excluding carboxylic acids is 1. The van der Waals surface area contributed by atoms with E-state index in [1.807, 2.05) is 0 Å². The van der Waals surface area contributed by atoms with Crippen molar-refractivity contribution < 1.29 is 22.4 Å². The first-order chi connectivity index (χ1) is 8.83. The van der Waals surface area contributed by atoms with Crippen molar-refractivity contribution in [1.82, 2.24) is 5.32 Å². The van der Waals surface area contributed by atoms with Crippen molar-refractivity contribution in [3.63, 3.8) is 0 Å². The monoisotopic (exact) mass is 278 g/mol. The molecular formula is C12H14F4N2O. The Morgan fingerprint density at radius 3 is 2.53 bits per heavy atom. The number of rotatable bonds is 6. The molecule has 7 heteroatoms. The lowest BCUT2D eigenvalue weighted by molar-refractivity contribution is -0.125. The van der Waals surface area contributed by atoms with Crippen molar-refractivity contribution in [3.05, 3.63) is 29.8 Å². The summed E-state index contributed by atoms with van der Waals surface area (Å²) in [5.41, 5.74) is 1.01. The molecule has 0 aliphatic carbocycles. The summed E-state index contributed by atoms with van der Waals surface area (Å²) in [6, 6.07) is 6.54. The van der Waals surface area contributed by atoms with Gasteiger partial charge in [0.05, 0.1) is 6.54 Å². The average Bonchev–Trinajstić information content (AvgIpc) is 2.30. The lowest BCUT2D eigenvalue weighted by atomic mass is 10.1. The molecule has 0 aliphatic rings. The van der Waals surface area contributed by atoms with Crippen molar-refractivity contribution >= 4 is 11.6 Å². The normalized spacial score (nSPS) is 11.7. The van der Waals surface area contributed by atoms with Crippen LogP contribution in [-0.2, 0) is 11.3 Å². The Hall–Kier alpha value is -1.63. The largest absolute Gasteiger partial charge is 0.326 e. The fraction of sp³-hybridized carbons (Fsp3) is 0.417.